The lowest BCUT2D eigenvalue weighted by molar-refractivity contribution is -0.154. The summed E-state index contributed by atoms with van der Waals surface area (Å²) < 4.78 is 48.5. The molecule has 0 aromatic rings. The van der Waals surface area contributed by atoms with Gasteiger partial charge < -0.3 is 5.73 Å². The van der Waals surface area contributed by atoms with Crippen LogP contribution in [0, 0.1) is 0 Å². The molecule has 1 aliphatic rings. The highest BCUT2D eigenvalue weighted by atomic mass is 19.3. The summed E-state index contributed by atoms with van der Waals surface area (Å²) in [6, 6.07) is -0.148. The van der Waals surface area contributed by atoms with Gasteiger partial charge in [-0.15, -0.1) is 0 Å². The number of likely N-dealkylation sites (tertiary alicyclic amines) is 1. The number of halogens is 4. The van der Waals surface area contributed by atoms with Gasteiger partial charge in [-0.1, -0.05) is 0 Å². The van der Waals surface area contributed by atoms with Gasteiger partial charge in [0.25, 0.3) is 0 Å². The molecule has 1 aliphatic heterocycles. The minimum Gasteiger partial charge on any atom is -0.329 e. The number of nitrogens with zero attached hydrogens (tertiary/aromatic N) is 1. The maximum Gasteiger partial charge on any atom is 0.319 e. The van der Waals surface area contributed by atoms with E-state index in [1.807, 2.05) is 0 Å². The van der Waals surface area contributed by atoms with E-state index in [4.69, 9.17) is 5.73 Å². The molecule has 2 nitrogen and oxygen atoms in total. The standard InChI is InChI=1S/C7H12F4N2/c8-6(9)7(10,11)4-13-2-1-5(13)3-12/h5-6H,1-4,12H2. The van der Waals surface area contributed by atoms with Gasteiger partial charge in [-0.3, -0.25) is 4.90 Å². The number of rotatable bonds is 4. The van der Waals surface area contributed by atoms with E-state index in [1.165, 1.54) is 4.90 Å². The molecule has 1 unspecified atom stereocenters. The third-order valence-electron chi connectivity index (χ3n) is 2.27. The van der Waals surface area contributed by atoms with E-state index >= 15 is 0 Å². The minimum atomic E-state index is -3.91. The van der Waals surface area contributed by atoms with Gasteiger partial charge in [0.1, 0.15) is 0 Å². The average molecular weight is 200 g/mol. The third kappa shape index (κ3) is 2.31. The first-order valence-electron chi connectivity index (χ1n) is 4.07. The molecular weight excluding hydrogens is 188 g/mol. The Morgan fingerprint density at radius 3 is 2.38 bits per heavy atom. The molecule has 6 heteroatoms. The van der Waals surface area contributed by atoms with Gasteiger partial charge in [-0.05, 0) is 6.42 Å². The summed E-state index contributed by atoms with van der Waals surface area (Å²) in [7, 11) is 0. The van der Waals surface area contributed by atoms with Crippen molar-refractivity contribution in [1.29, 1.82) is 0 Å². The number of alkyl halides is 4. The van der Waals surface area contributed by atoms with Crippen LogP contribution in [0.4, 0.5) is 17.6 Å². The highest BCUT2D eigenvalue weighted by molar-refractivity contribution is 4.87. The van der Waals surface area contributed by atoms with Crippen LogP contribution < -0.4 is 5.73 Å². The zero-order chi connectivity index (χ0) is 10.1. The number of hydrogen-bond donors (Lipinski definition) is 1. The molecule has 0 amide bonds. The van der Waals surface area contributed by atoms with E-state index in [1.54, 1.807) is 0 Å². The molecule has 1 heterocycles. The molecule has 0 aromatic heterocycles. The van der Waals surface area contributed by atoms with Crippen LogP contribution in [-0.4, -0.2) is 42.9 Å². The van der Waals surface area contributed by atoms with E-state index in [9.17, 15) is 17.6 Å². The van der Waals surface area contributed by atoms with Crippen molar-refractivity contribution < 1.29 is 17.6 Å². The zero-order valence-corrected chi connectivity index (χ0v) is 7.02. The first kappa shape index (κ1) is 10.7. The molecule has 0 radical (unpaired) electrons. The molecule has 0 spiro atoms. The summed E-state index contributed by atoms with van der Waals surface area (Å²) in [4.78, 5) is 1.30. The maximum atomic E-state index is 12.5. The monoisotopic (exact) mass is 200 g/mol. The molecule has 0 bridgehead atoms. The van der Waals surface area contributed by atoms with Crippen molar-refractivity contribution in [1.82, 2.24) is 4.90 Å². The third-order valence-corrected chi connectivity index (χ3v) is 2.27. The van der Waals surface area contributed by atoms with Gasteiger partial charge in [0.15, 0.2) is 0 Å². The smallest absolute Gasteiger partial charge is 0.319 e. The van der Waals surface area contributed by atoms with Crippen molar-refractivity contribution in [3.05, 3.63) is 0 Å². The minimum absolute atomic E-state index is 0.148. The second kappa shape index (κ2) is 3.79. The molecule has 0 saturated carbocycles. The van der Waals surface area contributed by atoms with E-state index in [-0.39, 0.29) is 12.6 Å². The van der Waals surface area contributed by atoms with Crippen LogP contribution in [0.25, 0.3) is 0 Å². The first-order valence-corrected chi connectivity index (χ1v) is 4.07. The Kier molecular flexibility index (Phi) is 3.13. The second-order valence-electron chi connectivity index (χ2n) is 3.21. The highest BCUT2D eigenvalue weighted by Crippen LogP contribution is 2.28. The summed E-state index contributed by atoms with van der Waals surface area (Å²) in [5, 5.41) is 0. The number of hydrogen-bond acceptors (Lipinski definition) is 2. The fourth-order valence-electron chi connectivity index (χ4n) is 1.31. The first-order chi connectivity index (χ1) is 5.97. The SMILES string of the molecule is NCC1CCN1CC(F)(F)C(F)F. The van der Waals surface area contributed by atoms with Gasteiger partial charge in [0.2, 0.25) is 0 Å². The van der Waals surface area contributed by atoms with Gasteiger partial charge >= 0.3 is 12.3 Å². The summed E-state index contributed by atoms with van der Waals surface area (Å²) >= 11 is 0. The fourth-order valence-corrected chi connectivity index (χ4v) is 1.31. The quantitative estimate of drug-likeness (QED) is 0.684. The lowest BCUT2D eigenvalue weighted by Crippen LogP contribution is -2.56. The van der Waals surface area contributed by atoms with Crippen molar-refractivity contribution >= 4 is 0 Å². The van der Waals surface area contributed by atoms with Crippen LogP contribution in [0.5, 0.6) is 0 Å². The molecule has 1 saturated heterocycles. The molecule has 0 aliphatic carbocycles. The summed E-state index contributed by atoms with van der Waals surface area (Å²) in [5.41, 5.74) is 5.25. The molecule has 13 heavy (non-hydrogen) atoms. The van der Waals surface area contributed by atoms with Crippen molar-refractivity contribution in [2.75, 3.05) is 19.6 Å². The molecule has 1 atom stereocenters. The van der Waals surface area contributed by atoms with Gasteiger partial charge in [0, 0.05) is 19.1 Å². The Hall–Kier alpha value is -0.360. The maximum absolute atomic E-state index is 12.5. The van der Waals surface area contributed by atoms with Gasteiger partial charge in [0.05, 0.1) is 6.54 Å². The molecule has 1 fully saturated rings. The lowest BCUT2D eigenvalue weighted by atomic mass is 10.0. The van der Waals surface area contributed by atoms with E-state index < -0.39 is 18.9 Å². The van der Waals surface area contributed by atoms with E-state index in [0.717, 1.165) is 6.42 Å². The topological polar surface area (TPSA) is 29.3 Å². The molecular formula is C7H12F4N2. The Bertz CT molecular complexity index is 172. The molecule has 2 N–H and O–H groups in total. The Labute approximate surface area is 73.7 Å². The van der Waals surface area contributed by atoms with Gasteiger partial charge in [-0.2, -0.15) is 8.78 Å². The van der Waals surface area contributed by atoms with Crippen LogP contribution in [0.3, 0.4) is 0 Å². The van der Waals surface area contributed by atoms with Crippen LogP contribution >= 0.6 is 0 Å². The molecule has 0 aromatic carbocycles. The fraction of sp³-hybridized carbons (Fsp3) is 1.00. The van der Waals surface area contributed by atoms with Gasteiger partial charge in [-0.25, -0.2) is 8.78 Å². The van der Waals surface area contributed by atoms with Crippen molar-refractivity contribution in [3.63, 3.8) is 0 Å². The Morgan fingerprint density at radius 1 is 1.46 bits per heavy atom. The molecule has 1 rings (SSSR count). The zero-order valence-electron chi connectivity index (χ0n) is 7.02. The van der Waals surface area contributed by atoms with Crippen molar-refractivity contribution in [2.45, 2.75) is 24.8 Å². The Morgan fingerprint density at radius 2 is 2.08 bits per heavy atom. The second-order valence-corrected chi connectivity index (χ2v) is 3.21. The van der Waals surface area contributed by atoms with Crippen LogP contribution in [0.2, 0.25) is 0 Å². The predicted octanol–water partition coefficient (Wildman–Crippen LogP) is 0.920. The molecule has 78 valence electrons. The highest BCUT2D eigenvalue weighted by Gasteiger charge is 2.45. The van der Waals surface area contributed by atoms with E-state index in [2.05, 4.69) is 0 Å². The Balaban J connectivity index is 2.39. The van der Waals surface area contributed by atoms with Crippen LogP contribution in [-0.2, 0) is 0 Å². The predicted molar refractivity (Wildman–Crippen MR) is 40.0 cm³/mol. The largest absolute Gasteiger partial charge is 0.329 e. The number of nitrogens with two attached hydrogens (primary N) is 1. The van der Waals surface area contributed by atoms with Crippen LogP contribution in [0.15, 0.2) is 0 Å². The summed E-state index contributed by atoms with van der Waals surface area (Å²) in [5.74, 6) is -3.91. The lowest BCUT2D eigenvalue weighted by Gasteiger charge is -2.41. The van der Waals surface area contributed by atoms with Crippen LogP contribution in [0.1, 0.15) is 6.42 Å². The van der Waals surface area contributed by atoms with Crippen molar-refractivity contribution in [3.8, 4) is 0 Å². The summed E-state index contributed by atoms with van der Waals surface area (Å²) in [6.45, 7) is -0.198. The average Bonchev–Trinajstić information content (AvgIpc) is 1.99. The normalized spacial score (nSPS) is 24.9. The van der Waals surface area contributed by atoms with E-state index in [0.29, 0.717) is 6.54 Å². The summed E-state index contributed by atoms with van der Waals surface area (Å²) in [6.07, 6.45) is -2.87. The van der Waals surface area contributed by atoms with Crippen molar-refractivity contribution in [2.24, 2.45) is 5.73 Å².